The molecule has 0 aliphatic carbocycles. The van der Waals surface area contributed by atoms with Crippen LogP contribution in [0.5, 0.6) is 0 Å². The van der Waals surface area contributed by atoms with Gasteiger partial charge in [0.05, 0.1) is 5.02 Å². The van der Waals surface area contributed by atoms with Crippen molar-refractivity contribution >= 4 is 23.4 Å². The van der Waals surface area contributed by atoms with Crippen LogP contribution in [0.25, 0.3) is 0 Å². The summed E-state index contributed by atoms with van der Waals surface area (Å²) in [5.74, 6) is 0.599. The Bertz CT molecular complexity index is 563. The first-order chi connectivity index (χ1) is 7.65. The molecule has 0 fully saturated rings. The average molecular weight is 253 g/mol. The van der Waals surface area contributed by atoms with Crippen molar-refractivity contribution in [3.63, 3.8) is 0 Å². The zero-order chi connectivity index (χ0) is 11.5. The highest BCUT2D eigenvalue weighted by molar-refractivity contribution is 7.99. The number of benzene rings is 1. The normalized spacial score (nSPS) is 10.4. The van der Waals surface area contributed by atoms with E-state index in [2.05, 4.69) is 0 Å². The molecule has 0 N–H and O–H groups in total. The minimum Gasteiger partial charge on any atom is -0.428 e. The van der Waals surface area contributed by atoms with E-state index in [-0.39, 0.29) is 5.63 Å². The molecule has 0 saturated carbocycles. The average Bonchev–Trinajstić information content (AvgIpc) is 2.20. The van der Waals surface area contributed by atoms with Gasteiger partial charge < -0.3 is 4.42 Å². The molecule has 0 spiro atoms. The van der Waals surface area contributed by atoms with Crippen molar-refractivity contribution in [2.45, 2.75) is 16.7 Å². The fourth-order valence-electron chi connectivity index (χ4n) is 1.29. The molecule has 0 unspecified atom stereocenters. The molecule has 0 amide bonds. The zero-order valence-electron chi connectivity index (χ0n) is 8.57. The van der Waals surface area contributed by atoms with Crippen LogP contribution in [0.1, 0.15) is 5.76 Å². The molecule has 16 heavy (non-hydrogen) atoms. The van der Waals surface area contributed by atoms with Crippen molar-refractivity contribution in [3.05, 3.63) is 57.6 Å². The van der Waals surface area contributed by atoms with E-state index in [0.29, 0.717) is 10.8 Å². The summed E-state index contributed by atoms with van der Waals surface area (Å²) in [6.45, 7) is 1.75. The molecular formula is C12H9ClO2S. The maximum Gasteiger partial charge on any atom is 0.336 e. The van der Waals surface area contributed by atoms with Gasteiger partial charge in [0.15, 0.2) is 0 Å². The molecule has 1 heterocycles. The third-order valence-electron chi connectivity index (χ3n) is 1.93. The fourth-order valence-corrected chi connectivity index (χ4v) is 2.49. The van der Waals surface area contributed by atoms with Crippen LogP contribution in [-0.2, 0) is 0 Å². The largest absolute Gasteiger partial charge is 0.428 e. The monoisotopic (exact) mass is 252 g/mol. The van der Waals surface area contributed by atoms with E-state index >= 15 is 0 Å². The Morgan fingerprint density at radius 1 is 1.25 bits per heavy atom. The molecule has 2 aromatic rings. The Hall–Kier alpha value is -1.19. The minimum atomic E-state index is -0.338. The Balaban J connectivity index is 2.34. The van der Waals surface area contributed by atoms with E-state index in [4.69, 9.17) is 16.0 Å². The molecule has 0 atom stereocenters. The lowest BCUT2D eigenvalue weighted by Gasteiger charge is -2.03. The Morgan fingerprint density at radius 3 is 2.69 bits per heavy atom. The van der Waals surface area contributed by atoms with Crippen molar-refractivity contribution in [2.24, 2.45) is 0 Å². The van der Waals surface area contributed by atoms with Crippen LogP contribution in [-0.4, -0.2) is 0 Å². The quantitative estimate of drug-likeness (QED) is 0.815. The third kappa shape index (κ3) is 2.68. The van der Waals surface area contributed by atoms with Gasteiger partial charge in [0.25, 0.3) is 0 Å². The van der Waals surface area contributed by atoms with E-state index < -0.39 is 0 Å². The lowest BCUT2D eigenvalue weighted by molar-refractivity contribution is 0.475. The Morgan fingerprint density at radius 2 is 2.00 bits per heavy atom. The SMILES string of the molecule is Cc1cc(Sc2ccccc2Cl)cc(=O)o1. The molecule has 0 saturated heterocycles. The second-order valence-corrected chi connectivity index (χ2v) is 4.78. The van der Waals surface area contributed by atoms with Gasteiger partial charge in [-0.2, -0.15) is 0 Å². The highest BCUT2D eigenvalue weighted by Crippen LogP contribution is 2.32. The number of hydrogen-bond acceptors (Lipinski definition) is 3. The second-order valence-electron chi connectivity index (χ2n) is 3.26. The summed E-state index contributed by atoms with van der Waals surface area (Å²) in [4.78, 5) is 12.9. The summed E-state index contributed by atoms with van der Waals surface area (Å²) in [7, 11) is 0. The van der Waals surface area contributed by atoms with Crippen molar-refractivity contribution < 1.29 is 4.42 Å². The molecule has 82 valence electrons. The van der Waals surface area contributed by atoms with Crippen LogP contribution in [0.3, 0.4) is 0 Å². The molecule has 0 aliphatic heterocycles. The van der Waals surface area contributed by atoms with Gasteiger partial charge in [-0.15, -0.1) is 0 Å². The molecule has 0 radical (unpaired) electrons. The van der Waals surface area contributed by atoms with Gasteiger partial charge in [-0.3, -0.25) is 0 Å². The van der Waals surface area contributed by atoms with Crippen molar-refractivity contribution in [1.29, 1.82) is 0 Å². The molecular weight excluding hydrogens is 244 g/mol. The zero-order valence-corrected chi connectivity index (χ0v) is 10.1. The predicted molar refractivity (Wildman–Crippen MR) is 65.3 cm³/mol. The number of hydrogen-bond donors (Lipinski definition) is 0. The van der Waals surface area contributed by atoms with E-state index in [1.165, 1.54) is 17.8 Å². The molecule has 2 rings (SSSR count). The van der Waals surface area contributed by atoms with Gasteiger partial charge in [-0.25, -0.2) is 4.79 Å². The van der Waals surface area contributed by atoms with Crippen LogP contribution in [0.4, 0.5) is 0 Å². The highest BCUT2D eigenvalue weighted by atomic mass is 35.5. The summed E-state index contributed by atoms with van der Waals surface area (Å²) < 4.78 is 4.88. The fraction of sp³-hybridized carbons (Fsp3) is 0.0833. The van der Waals surface area contributed by atoms with E-state index in [0.717, 1.165) is 9.79 Å². The minimum absolute atomic E-state index is 0.338. The Labute approximate surface area is 102 Å². The molecule has 2 nitrogen and oxygen atoms in total. The van der Waals surface area contributed by atoms with Crippen molar-refractivity contribution in [2.75, 3.05) is 0 Å². The van der Waals surface area contributed by atoms with Gasteiger partial charge in [0.1, 0.15) is 5.76 Å². The van der Waals surface area contributed by atoms with Gasteiger partial charge >= 0.3 is 5.63 Å². The first-order valence-corrected chi connectivity index (χ1v) is 5.89. The van der Waals surface area contributed by atoms with E-state index in [1.54, 1.807) is 6.92 Å². The van der Waals surface area contributed by atoms with Crippen LogP contribution >= 0.6 is 23.4 Å². The van der Waals surface area contributed by atoms with Crippen LogP contribution < -0.4 is 5.63 Å². The van der Waals surface area contributed by atoms with Crippen LogP contribution in [0.15, 0.2) is 55.4 Å². The van der Waals surface area contributed by atoms with Gasteiger partial charge in [0, 0.05) is 15.9 Å². The van der Waals surface area contributed by atoms with Crippen molar-refractivity contribution in [1.82, 2.24) is 0 Å². The summed E-state index contributed by atoms with van der Waals surface area (Å²) in [6, 6.07) is 10.8. The summed E-state index contributed by atoms with van der Waals surface area (Å²) in [5, 5.41) is 0.679. The topological polar surface area (TPSA) is 30.2 Å². The molecule has 0 aliphatic rings. The number of aryl methyl sites for hydroxylation is 1. The molecule has 1 aromatic heterocycles. The van der Waals surface area contributed by atoms with E-state index in [1.807, 2.05) is 30.3 Å². The highest BCUT2D eigenvalue weighted by Gasteiger charge is 2.03. The molecule has 1 aromatic carbocycles. The van der Waals surface area contributed by atoms with Gasteiger partial charge in [-0.1, -0.05) is 35.5 Å². The Kier molecular flexibility index (Phi) is 3.36. The van der Waals surface area contributed by atoms with Crippen LogP contribution in [0.2, 0.25) is 5.02 Å². The molecule has 4 heteroatoms. The first-order valence-electron chi connectivity index (χ1n) is 4.69. The van der Waals surface area contributed by atoms with Gasteiger partial charge in [0.2, 0.25) is 0 Å². The number of halogens is 1. The van der Waals surface area contributed by atoms with E-state index in [9.17, 15) is 4.79 Å². The lowest BCUT2D eigenvalue weighted by atomic mass is 10.4. The third-order valence-corrected chi connectivity index (χ3v) is 3.42. The molecule has 0 bridgehead atoms. The maximum atomic E-state index is 11.2. The lowest BCUT2D eigenvalue weighted by Crippen LogP contribution is -1.97. The second kappa shape index (κ2) is 4.76. The smallest absolute Gasteiger partial charge is 0.336 e. The standard InChI is InChI=1S/C12H9ClO2S/c1-8-6-9(7-12(14)15-8)16-11-5-3-2-4-10(11)13/h2-7H,1H3. The van der Waals surface area contributed by atoms with Gasteiger partial charge in [-0.05, 0) is 25.1 Å². The summed E-state index contributed by atoms with van der Waals surface area (Å²) in [6.07, 6.45) is 0. The number of rotatable bonds is 2. The maximum absolute atomic E-state index is 11.2. The summed E-state index contributed by atoms with van der Waals surface area (Å²) in [5.41, 5.74) is -0.338. The predicted octanol–water partition coefficient (Wildman–Crippen LogP) is 3.75. The van der Waals surface area contributed by atoms with Crippen LogP contribution in [0, 0.1) is 6.92 Å². The van der Waals surface area contributed by atoms with Crippen molar-refractivity contribution in [3.8, 4) is 0 Å². The summed E-state index contributed by atoms with van der Waals surface area (Å²) >= 11 is 7.48. The first kappa shape index (κ1) is 11.3.